The van der Waals surface area contributed by atoms with Crippen molar-refractivity contribution in [2.75, 3.05) is 31.6 Å². The third kappa shape index (κ3) is 4.05. The first-order valence-electron chi connectivity index (χ1n) is 11.3. The van der Waals surface area contributed by atoms with E-state index in [4.69, 9.17) is 4.74 Å². The number of halogens is 3. The van der Waals surface area contributed by atoms with Crippen molar-refractivity contribution in [1.29, 1.82) is 0 Å². The molecule has 2 aliphatic heterocycles. The Morgan fingerprint density at radius 2 is 1.68 bits per heavy atom. The van der Waals surface area contributed by atoms with Crippen LogP contribution in [0.1, 0.15) is 34.3 Å². The number of benzene rings is 3. The van der Waals surface area contributed by atoms with E-state index in [2.05, 4.69) is 4.90 Å². The lowest BCUT2D eigenvalue weighted by molar-refractivity contribution is 0.0975. The molecule has 2 heterocycles. The molecule has 34 heavy (non-hydrogen) atoms. The Balaban J connectivity index is 1.39. The molecule has 0 unspecified atom stereocenters. The maximum Gasteiger partial charge on any atom is 0.258 e. The largest absolute Gasteiger partial charge is 0.497 e. The number of nitrogens with zero attached hydrogens (tertiary/aromatic N) is 2. The van der Waals surface area contributed by atoms with E-state index in [1.165, 1.54) is 30.3 Å². The van der Waals surface area contributed by atoms with Crippen molar-refractivity contribution in [3.8, 4) is 5.75 Å². The number of likely N-dealkylation sites (tertiary alicyclic amines) is 1. The number of anilines is 1. The van der Waals surface area contributed by atoms with Gasteiger partial charge in [0, 0.05) is 29.8 Å². The van der Waals surface area contributed by atoms with Crippen LogP contribution in [0.5, 0.6) is 5.75 Å². The van der Waals surface area contributed by atoms with Gasteiger partial charge in [-0.2, -0.15) is 0 Å². The lowest BCUT2D eigenvalue weighted by atomic mass is 9.74. The van der Waals surface area contributed by atoms with Gasteiger partial charge in [0.2, 0.25) is 0 Å². The Morgan fingerprint density at radius 1 is 0.941 bits per heavy atom. The number of hydrogen-bond donors (Lipinski definition) is 0. The number of fused-ring (bicyclic) bond motifs is 2. The van der Waals surface area contributed by atoms with Crippen LogP contribution in [0.4, 0.5) is 18.9 Å². The number of methoxy groups -OCH3 is 1. The van der Waals surface area contributed by atoms with Gasteiger partial charge in [0.05, 0.1) is 7.11 Å². The zero-order chi connectivity index (χ0) is 23.9. The van der Waals surface area contributed by atoms with Crippen LogP contribution in [0, 0.1) is 17.5 Å². The average Bonchev–Trinajstić information content (AvgIpc) is 3.16. The molecule has 0 N–H and O–H groups in total. The Morgan fingerprint density at radius 3 is 2.35 bits per heavy atom. The van der Waals surface area contributed by atoms with Gasteiger partial charge in [-0.05, 0) is 91.7 Å². The molecular weight excluding hydrogens is 441 g/mol. The molecule has 1 saturated heterocycles. The second-order valence-electron chi connectivity index (χ2n) is 9.09. The second kappa shape index (κ2) is 8.80. The molecule has 0 saturated carbocycles. The summed E-state index contributed by atoms with van der Waals surface area (Å²) in [6, 6.07) is 15.4. The average molecular weight is 467 g/mol. The van der Waals surface area contributed by atoms with Crippen molar-refractivity contribution in [2.24, 2.45) is 0 Å². The van der Waals surface area contributed by atoms with Crippen molar-refractivity contribution in [3.63, 3.8) is 0 Å². The summed E-state index contributed by atoms with van der Waals surface area (Å²) in [6.07, 6.45) is 1.62. The van der Waals surface area contributed by atoms with E-state index < -0.39 is 11.6 Å². The zero-order valence-corrected chi connectivity index (χ0v) is 18.9. The van der Waals surface area contributed by atoms with Gasteiger partial charge in [0.15, 0.2) is 11.6 Å². The number of piperidine rings is 1. The fourth-order valence-electron chi connectivity index (χ4n) is 5.17. The van der Waals surface area contributed by atoms with E-state index in [0.29, 0.717) is 18.7 Å². The highest BCUT2D eigenvalue weighted by Gasteiger charge is 2.46. The SMILES string of the molecule is COc1ccc2c(c1)C1(CCN(Cc3ccc(F)c(F)c3)CC1)CN2C(=O)c1ccc(F)cc1. The molecule has 0 aliphatic carbocycles. The van der Waals surface area contributed by atoms with E-state index in [-0.39, 0.29) is 17.1 Å². The summed E-state index contributed by atoms with van der Waals surface area (Å²) in [5, 5.41) is 0. The molecule has 2 aliphatic rings. The quantitative estimate of drug-likeness (QED) is 0.523. The van der Waals surface area contributed by atoms with Crippen molar-refractivity contribution in [3.05, 3.63) is 94.8 Å². The standard InChI is InChI=1S/C27H25F3N2O2/c1-34-21-7-9-25-22(15-21)27(17-32(25)26(33)19-3-5-20(28)6-4-19)10-12-31(13-11-27)16-18-2-8-23(29)24(30)14-18/h2-9,14-15H,10-13,16-17H2,1H3. The van der Waals surface area contributed by atoms with Crippen molar-refractivity contribution >= 4 is 11.6 Å². The molecule has 7 heteroatoms. The summed E-state index contributed by atoms with van der Waals surface area (Å²) in [5.41, 5.74) is 2.87. The fraction of sp³-hybridized carbons (Fsp3) is 0.296. The molecule has 0 radical (unpaired) electrons. The summed E-state index contributed by atoms with van der Waals surface area (Å²) in [6.45, 7) is 2.59. The third-order valence-electron chi connectivity index (χ3n) is 7.07. The lowest BCUT2D eigenvalue weighted by Gasteiger charge is -2.40. The highest BCUT2D eigenvalue weighted by molar-refractivity contribution is 6.07. The number of carbonyl (C=O) groups is 1. The Kier molecular flexibility index (Phi) is 5.81. The molecule has 3 aromatic carbocycles. The van der Waals surface area contributed by atoms with Crippen molar-refractivity contribution in [2.45, 2.75) is 24.8 Å². The maximum atomic E-state index is 13.6. The van der Waals surface area contributed by atoms with Crippen LogP contribution in [-0.4, -0.2) is 37.6 Å². The summed E-state index contributed by atoms with van der Waals surface area (Å²) < 4.78 is 45.8. The topological polar surface area (TPSA) is 32.8 Å². The molecule has 0 aromatic heterocycles. The first-order chi connectivity index (χ1) is 16.4. The number of hydrogen-bond acceptors (Lipinski definition) is 3. The van der Waals surface area contributed by atoms with Crippen LogP contribution < -0.4 is 9.64 Å². The number of amides is 1. The van der Waals surface area contributed by atoms with Gasteiger partial charge in [-0.1, -0.05) is 6.07 Å². The van der Waals surface area contributed by atoms with E-state index >= 15 is 0 Å². The third-order valence-corrected chi connectivity index (χ3v) is 7.07. The summed E-state index contributed by atoms with van der Waals surface area (Å²) in [4.78, 5) is 17.4. The molecule has 0 bridgehead atoms. The molecule has 1 fully saturated rings. The molecule has 0 atom stereocenters. The monoisotopic (exact) mass is 466 g/mol. The highest BCUT2D eigenvalue weighted by atomic mass is 19.2. The van der Waals surface area contributed by atoms with E-state index in [0.717, 1.165) is 54.6 Å². The van der Waals surface area contributed by atoms with Crippen molar-refractivity contribution < 1.29 is 22.7 Å². The first-order valence-corrected chi connectivity index (χ1v) is 11.3. The van der Waals surface area contributed by atoms with E-state index in [1.807, 2.05) is 18.2 Å². The molecule has 5 rings (SSSR count). The van der Waals surface area contributed by atoms with Crippen LogP contribution in [0.3, 0.4) is 0 Å². The Labute approximate surface area is 196 Å². The maximum absolute atomic E-state index is 13.6. The number of carbonyl (C=O) groups excluding carboxylic acids is 1. The van der Waals surface area contributed by atoms with Gasteiger partial charge in [0.1, 0.15) is 11.6 Å². The van der Waals surface area contributed by atoms with E-state index in [1.54, 1.807) is 18.1 Å². The Hall–Kier alpha value is -3.32. The Bertz CT molecular complexity index is 1220. The zero-order valence-electron chi connectivity index (χ0n) is 18.9. The van der Waals surface area contributed by atoms with Gasteiger partial charge in [-0.25, -0.2) is 13.2 Å². The molecular formula is C27H25F3N2O2. The van der Waals surface area contributed by atoms with Crippen LogP contribution in [0.2, 0.25) is 0 Å². The van der Waals surface area contributed by atoms with Gasteiger partial charge in [-0.3, -0.25) is 9.69 Å². The summed E-state index contributed by atoms with van der Waals surface area (Å²) in [7, 11) is 1.62. The molecule has 176 valence electrons. The van der Waals surface area contributed by atoms with Gasteiger partial charge >= 0.3 is 0 Å². The molecule has 1 amide bonds. The minimum absolute atomic E-state index is 0.160. The minimum Gasteiger partial charge on any atom is -0.497 e. The normalized spacial score (nSPS) is 17.1. The fourth-order valence-corrected chi connectivity index (χ4v) is 5.17. The summed E-state index contributed by atoms with van der Waals surface area (Å²) in [5.74, 6) is -1.49. The van der Waals surface area contributed by atoms with E-state index in [9.17, 15) is 18.0 Å². The highest BCUT2D eigenvalue weighted by Crippen LogP contribution is 2.48. The van der Waals surface area contributed by atoms with Gasteiger partial charge in [-0.15, -0.1) is 0 Å². The van der Waals surface area contributed by atoms with Gasteiger partial charge in [0.25, 0.3) is 5.91 Å². The van der Waals surface area contributed by atoms with Crippen LogP contribution in [-0.2, 0) is 12.0 Å². The van der Waals surface area contributed by atoms with Crippen molar-refractivity contribution in [1.82, 2.24) is 4.90 Å². The van der Waals surface area contributed by atoms with Gasteiger partial charge < -0.3 is 9.64 Å². The molecule has 3 aromatic rings. The number of rotatable bonds is 4. The summed E-state index contributed by atoms with van der Waals surface area (Å²) >= 11 is 0. The molecule has 4 nitrogen and oxygen atoms in total. The predicted molar refractivity (Wildman–Crippen MR) is 124 cm³/mol. The second-order valence-corrected chi connectivity index (χ2v) is 9.09. The minimum atomic E-state index is -0.844. The van der Waals surface area contributed by atoms with Crippen LogP contribution >= 0.6 is 0 Å². The molecule has 1 spiro atoms. The smallest absolute Gasteiger partial charge is 0.258 e. The predicted octanol–water partition coefficient (Wildman–Crippen LogP) is 5.31. The van der Waals surface area contributed by atoms with Crippen LogP contribution in [0.15, 0.2) is 60.7 Å². The van der Waals surface area contributed by atoms with Crippen LogP contribution in [0.25, 0.3) is 0 Å². The first kappa shape index (κ1) is 22.5. The number of ether oxygens (including phenoxy) is 1. The lowest BCUT2D eigenvalue weighted by Crippen LogP contribution is -2.45.